The third kappa shape index (κ3) is 10.6. The lowest BCUT2D eigenvalue weighted by molar-refractivity contribution is -0.192. The summed E-state index contributed by atoms with van der Waals surface area (Å²) in [6, 6.07) is -1.44. The summed E-state index contributed by atoms with van der Waals surface area (Å²) >= 11 is 0. The van der Waals surface area contributed by atoms with Crippen LogP contribution in [-0.4, -0.2) is 40.8 Å². The van der Waals surface area contributed by atoms with Gasteiger partial charge < -0.3 is 15.9 Å². The molecule has 0 bridgehead atoms. The summed E-state index contributed by atoms with van der Waals surface area (Å²) in [5, 5.41) is 15.1. The van der Waals surface area contributed by atoms with Gasteiger partial charge in [-0.2, -0.15) is 13.2 Å². The van der Waals surface area contributed by atoms with Crippen LogP contribution in [0.5, 0.6) is 0 Å². The van der Waals surface area contributed by atoms with Crippen molar-refractivity contribution in [2.75, 3.05) is 0 Å². The van der Waals surface area contributed by atoms with E-state index in [1.165, 1.54) is 0 Å². The Bertz CT molecular complexity index is 242. The van der Waals surface area contributed by atoms with Crippen molar-refractivity contribution < 1.29 is 41.8 Å². The summed E-state index contributed by atoms with van der Waals surface area (Å²) in [5.74, 6) is -4.15. The van der Waals surface area contributed by atoms with Crippen LogP contribution in [0.1, 0.15) is 6.42 Å². The lowest BCUT2D eigenvalue weighted by Gasteiger charge is -2.02. The Morgan fingerprint density at radius 1 is 1.19 bits per heavy atom. The second kappa shape index (κ2) is 6.93. The molecular weight excluding hydrogens is 245 g/mol. The number of hydrogen-bond donors (Lipinski definition) is 3. The van der Waals surface area contributed by atoms with Gasteiger partial charge in [0.1, 0.15) is 6.04 Å². The maximum Gasteiger partial charge on any atom is 0.490 e. The topological polar surface area (TPSA) is 101 Å². The van der Waals surface area contributed by atoms with Gasteiger partial charge in [0.2, 0.25) is 6.43 Å². The zero-order valence-electron chi connectivity index (χ0n) is 7.54. The lowest BCUT2D eigenvalue weighted by Crippen LogP contribution is -2.31. The Morgan fingerprint density at radius 3 is 1.56 bits per heavy atom. The maximum atomic E-state index is 11.3. The molecule has 0 heterocycles. The number of aliphatic carboxylic acids is 2. The molecule has 0 amide bonds. The van der Waals surface area contributed by atoms with Crippen LogP contribution in [0.3, 0.4) is 0 Å². The average molecular weight is 253 g/mol. The van der Waals surface area contributed by atoms with Crippen molar-refractivity contribution in [1.29, 1.82) is 0 Å². The summed E-state index contributed by atoms with van der Waals surface area (Å²) in [4.78, 5) is 18.7. The van der Waals surface area contributed by atoms with Crippen LogP contribution in [0.25, 0.3) is 0 Å². The lowest BCUT2D eigenvalue weighted by atomic mass is 10.2. The molecule has 0 radical (unpaired) electrons. The van der Waals surface area contributed by atoms with Crippen molar-refractivity contribution in [3.05, 3.63) is 0 Å². The summed E-state index contributed by atoms with van der Waals surface area (Å²) in [6.45, 7) is 0. The molecule has 5 nitrogen and oxygen atoms in total. The third-order valence-corrected chi connectivity index (χ3v) is 0.992. The summed E-state index contributed by atoms with van der Waals surface area (Å²) < 4.78 is 54.3. The first-order valence-corrected chi connectivity index (χ1v) is 3.55. The minimum atomic E-state index is -5.08. The van der Waals surface area contributed by atoms with E-state index in [-0.39, 0.29) is 0 Å². The molecule has 10 heteroatoms. The van der Waals surface area contributed by atoms with Crippen molar-refractivity contribution in [2.24, 2.45) is 5.73 Å². The van der Waals surface area contributed by atoms with Crippen LogP contribution in [0.15, 0.2) is 0 Å². The second-order valence-corrected chi connectivity index (χ2v) is 2.37. The van der Waals surface area contributed by atoms with Crippen LogP contribution in [0, 0.1) is 0 Å². The van der Waals surface area contributed by atoms with E-state index in [1.807, 2.05) is 0 Å². The Kier molecular flexibility index (Phi) is 7.35. The molecule has 4 N–H and O–H groups in total. The van der Waals surface area contributed by atoms with Gasteiger partial charge in [-0.15, -0.1) is 0 Å². The van der Waals surface area contributed by atoms with Crippen molar-refractivity contribution in [2.45, 2.75) is 25.1 Å². The van der Waals surface area contributed by atoms with Crippen LogP contribution in [0.4, 0.5) is 22.0 Å². The molecule has 0 aliphatic heterocycles. The Morgan fingerprint density at radius 2 is 1.50 bits per heavy atom. The minimum Gasteiger partial charge on any atom is -0.480 e. The van der Waals surface area contributed by atoms with Gasteiger partial charge in [-0.25, -0.2) is 13.6 Å². The summed E-state index contributed by atoms with van der Waals surface area (Å²) in [5.41, 5.74) is 4.74. The van der Waals surface area contributed by atoms with Gasteiger partial charge in [-0.3, -0.25) is 4.79 Å². The number of carboxylic acid groups (broad SMARTS) is 2. The average Bonchev–Trinajstić information content (AvgIpc) is 2.01. The molecular formula is C6H8F5NO4. The van der Waals surface area contributed by atoms with E-state index in [0.29, 0.717) is 0 Å². The van der Waals surface area contributed by atoms with E-state index in [1.54, 1.807) is 0 Å². The predicted molar refractivity (Wildman–Crippen MR) is 39.9 cm³/mol. The van der Waals surface area contributed by atoms with Gasteiger partial charge in [-0.1, -0.05) is 0 Å². The van der Waals surface area contributed by atoms with Crippen molar-refractivity contribution in [1.82, 2.24) is 0 Å². The number of carbonyl (C=O) groups is 2. The zero-order chi connectivity index (χ0) is 13.5. The summed E-state index contributed by atoms with van der Waals surface area (Å²) in [6.07, 6.45) is -8.51. The number of halogens is 5. The first-order valence-electron chi connectivity index (χ1n) is 3.55. The number of alkyl halides is 5. The molecule has 0 aromatic carbocycles. The number of nitrogens with two attached hydrogens (primary N) is 1. The zero-order valence-corrected chi connectivity index (χ0v) is 7.54. The molecule has 0 spiro atoms. The molecule has 16 heavy (non-hydrogen) atoms. The van der Waals surface area contributed by atoms with E-state index in [4.69, 9.17) is 20.7 Å². The Labute approximate surface area is 85.6 Å². The van der Waals surface area contributed by atoms with Crippen LogP contribution in [0.2, 0.25) is 0 Å². The molecule has 0 aliphatic carbocycles. The molecule has 0 unspecified atom stereocenters. The normalized spacial score (nSPS) is 12.7. The predicted octanol–water partition coefficient (Wildman–Crippen LogP) is 0.687. The van der Waals surface area contributed by atoms with E-state index in [2.05, 4.69) is 0 Å². The van der Waals surface area contributed by atoms with Crippen LogP contribution < -0.4 is 5.73 Å². The number of carboxylic acids is 2. The Balaban J connectivity index is 0. The largest absolute Gasteiger partial charge is 0.490 e. The van der Waals surface area contributed by atoms with Crippen molar-refractivity contribution in [3.63, 3.8) is 0 Å². The first kappa shape index (κ1) is 17.0. The fourth-order valence-electron chi connectivity index (χ4n) is 0.293. The monoisotopic (exact) mass is 253 g/mol. The van der Waals surface area contributed by atoms with E-state index in [0.717, 1.165) is 0 Å². The molecule has 0 aromatic heterocycles. The molecule has 96 valence electrons. The molecule has 0 fully saturated rings. The fraction of sp³-hybridized carbons (Fsp3) is 0.667. The SMILES string of the molecule is N[C@@H](CC(F)F)C(=O)O.O=C(O)C(F)(F)F. The smallest absolute Gasteiger partial charge is 0.480 e. The van der Waals surface area contributed by atoms with E-state index >= 15 is 0 Å². The first-order chi connectivity index (χ1) is 6.98. The molecule has 0 rings (SSSR count). The number of rotatable bonds is 3. The fourth-order valence-corrected chi connectivity index (χ4v) is 0.293. The molecule has 0 saturated heterocycles. The van der Waals surface area contributed by atoms with Gasteiger partial charge in [0.15, 0.2) is 0 Å². The van der Waals surface area contributed by atoms with Gasteiger partial charge in [0.05, 0.1) is 0 Å². The minimum absolute atomic E-state index is 0.782. The van der Waals surface area contributed by atoms with Gasteiger partial charge >= 0.3 is 18.1 Å². The maximum absolute atomic E-state index is 11.3. The highest BCUT2D eigenvalue weighted by molar-refractivity contribution is 5.73. The van der Waals surface area contributed by atoms with E-state index < -0.39 is 37.0 Å². The van der Waals surface area contributed by atoms with Crippen LogP contribution >= 0.6 is 0 Å². The quantitative estimate of drug-likeness (QED) is 0.642. The van der Waals surface area contributed by atoms with Gasteiger partial charge in [0, 0.05) is 6.42 Å². The van der Waals surface area contributed by atoms with Crippen molar-refractivity contribution in [3.8, 4) is 0 Å². The third-order valence-electron chi connectivity index (χ3n) is 0.992. The number of hydrogen-bond acceptors (Lipinski definition) is 3. The van der Waals surface area contributed by atoms with Crippen LogP contribution in [-0.2, 0) is 9.59 Å². The second-order valence-electron chi connectivity index (χ2n) is 2.37. The summed E-state index contributed by atoms with van der Waals surface area (Å²) in [7, 11) is 0. The van der Waals surface area contributed by atoms with Crippen molar-refractivity contribution >= 4 is 11.9 Å². The molecule has 0 saturated carbocycles. The highest BCUT2D eigenvalue weighted by Gasteiger charge is 2.38. The Hall–Kier alpha value is -1.45. The van der Waals surface area contributed by atoms with Gasteiger partial charge in [-0.05, 0) is 0 Å². The molecule has 0 aliphatic rings. The standard InChI is InChI=1S/C4H7F2NO2.C2HF3O2/c5-3(6)1-2(7)4(8)9;3-2(4,5)1(6)7/h2-3H,1,7H2,(H,8,9);(H,6,7)/t2-;/m0./s1. The van der Waals surface area contributed by atoms with E-state index in [9.17, 15) is 26.7 Å². The highest BCUT2D eigenvalue weighted by Crippen LogP contribution is 2.13. The molecule has 1 atom stereocenters. The highest BCUT2D eigenvalue weighted by atomic mass is 19.4. The van der Waals surface area contributed by atoms with Gasteiger partial charge in [0.25, 0.3) is 0 Å². The molecule has 0 aromatic rings.